The summed E-state index contributed by atoms with van der Waals surface area (Å²) in [4.78, 5) is 0. The summed E-state index contributed by atoms with van der Waals surface area (Å²) in [7, 11) is 0. The molecule has 0 bridgehead atoms. The molecule has 0 fully saturated rings. The maximum atomic E-state index is 9.33. The van der Waals surface area contributed by atoms with Gasteiger partial charge in [-0.15, -0.1) is 0 Å². The van der Waals surface area contributed by atoms with E-state index in [-0.39, 0.29) is 0 Å². The van der Waals surface area contributed by atoms with Crippen molar-refractivity contribution in [2.24, 2.45) is 0 Å². The molecular weight excluding hydrogens is 256 g/mol. The third-order valence-corrected chi connectivity index (χ3v) is 4.33. The lowest BCUT2D eigenvalue weighted by Crippen LogP contribution is -1.78. The third-order valence-electron chi connectivity index (χ3n) is 4.33. The van der Waals surface area contributed by atoms with Gasteiger partial charge in [-0.25, -0.2) is 0 Å². The van der Waals surface area contributed by atoms with Gasteiger partial charge in [-0.1, -0.05) is 36.4 Å². The SMILES string of the molecule is N#Cc1cc2c3ccccc3n3c4ccccc4c(c1)c23. The average Bonchev–Trinajstić information content (AvgIpc) is 3.05. The van der Waals surface area contributed by atoms with E-state index in [0.29, 0.717) is 0 Å². The molecule has 5 aromatic rings. The van der Waals surface area contributed by atoms with Crippen molar-refractivity contribution < 1.29 is 0 Å². The van der Waals surface area contributed by atoms with E-state index in [9.17, 15) is 5.26 Å². The van der Waals surface area contributed by atoms with Gasteiger partial charge < -0.3 is 4.40 Å². The Kier molecular flexibility index (Phi) is 1.80. The summed E-state index contributed by atoms with van der Waals surface area (Å²) in [6.45, 7) is 0. The molecule has 2 heterocycles. The summed E-state index contributed by atoms with van der Waals surface area (Å²) in [6, 6.07) is 23.1. The van der Waals surface area contributed by atoms with Crippen molar-refractivity contribution in [3.63, 3.8) is 0 Å². The molecule has 0 amide bonds. The minimum absolute atomic E-state index is 0.720. The fraction of sp³-hybridized carbons (Fsp3) is 0. The number of hydrogen-bond donors (Lipinski definition) is 0. The van der Waals surface area contributed by atoms with E-state index < -0.39 is 0 Å². The molecular formula is C19H10N2. The van der Waals surface area contributed by atoms with Crippen LogP contribution in [0.2, 0.25) is 0 Å². The smallest absolute Gasteiger partial charge is 0.0992 e. The van der Waals surface area contributed by atoms with Crippen molar-refractivity contribution in [2.75, 3.05) is 0 Å². The molecule has 2 heteroatoms. The standard InChI is InChI=1S/C19H10N2/c20-11-12-9-15-13-5-1-3-7-17(13)21-18-8-4-2-6-14(18)16(10-12)19(15)21/h1-10H. The molecule has 0 aliphatic carbocycles. The topological polar surface area (TPSA) is 28.2 Å². The Hall–Kier alpha value is -3.05. The number of benzene rings is 3. The molecule has 0 unspecified atom stereocenters. The third kappa shape index (κ3) is 1.17. The van der Waals surface area contributed by atoms with Gasteiger partial charge in [-0.05, 0) is 24.3 Å². The van der Waals surface area contributed by atoms with Crippen LogP contribution in [-0.2, 0) is 0 Å². The van der Waals surface area contributed by atoms with Crippen LogP contribution in [0.3, 0.4) is 0 Å². The van der Waals surface area contributed by atoms with E-state index in [1.165, 1.54) is 27.3 Å². The van der Waals surface area contributed by atoms with Crippen molar-refractivity contribution in [3.8, 4) is 6.07 Å². The van der Waals surface area contributed by atoms with Crippen molar-refractivity contribution in [1.29, 1.82) is 5.26 Å². The molecule has 0 radical (unpaired) electrons. The highest BCUT2D eigenvalue weighted by molar-refractivity contribution is 6.23. The van der Waals surface area contributed by atoms with Gasteiger partial charge in [0.05, 0.1) is 28.2 Å². The largest absolute Gasteiger partial charge is 0.308 e. The zero-order valence-electron chi connectivity index (χ0n) is 11.2. The Labute approximate surface area is 120 Å². The number of para-hydroxylation sites is 2. The van der Waals surface area contributed by atoms with Crippen LogP contribution in [0.25, 0.3) is 38.1 Å². The summed E-state index contributed by atoms with van der Waals surface area (Å²) >= 11 is 0. The minimum atomic E-state index is 0.720. The minimum Gasteiger partial charge on any atom is -0.308 e. The second-order valence-corrected chi connectivity index (χ2v) is 5.40. The molecule has 0 spiro atoms. The normalized spacial score (nSPS) is 11.8. The van der Waals surface area contributed by atoms with Crippen molar-refractivity contribution >= 4 is 38.1 Å². The van der Waals surface area contributed by atoms with E-state index in [1.807, 2.05) is 12.1 Å². The predicted molar refractivity (Wildman–Crippen MR) is 85.8 cm³/mol. The summed E-state index contributed by atoms with van der Waals surface area (Å²) < 4.78 is 2.32. The van der Waals surface area contributed by atoms with Gasteiger partial charge in [-0.2, -0.15) is 5.26 Å². The van der Waals surface area contributed by atoms with Crippen LogP contribution in [0, 0.1) is 11.3 Å². The van der Waals surface area contributed by atoms with Gasteiger partial charge >= 0.3 is 0 Å². The molecule has 0 atom stereocenters. The van der Waals surface area contributed by atoms with E-state index in [0.717, 1.165) is 16.3 Å². The summed E-state index contributed by atoms with van der Waals surface area (Å²) in [5, 5.41) is 14.1. The van der Waals surface area contributed by atoms with E-state index in [2.05, 4.69) is 59.0 Å². The van der Waals surface area contributed by atoms with Crippen LogP contribution in [0.5, 0.6) is 0 Å². The van der Waals surface area contributed by atoms with Crippen molar-refractivity contribution in [3.05, 3.63) is 66.2 Å². The van der Waals surface area contributed by atoms with Gasteiger partial charge in [0.15, 0.2) is 0 Å². The van der Waals surface area contributed by atoms with Crippen LogP contribution in [0.15, 0.2) is 60.7 Å². The van der Waals surface area contributed by atoms with E-state index in [1.54, 1.807) is 0 Å². The van der Waals surface area contributed by atoms with Gasteiger partial charge in [0, 0.05) is 21.5 Å². The Morgan fingerprint density at radius 2 is 1.24 bits per heavy atom. The number of hydrogen-bond acceptors (Lipinski definition) is 1. The first kappa shape index (κ1) is 10.7. The quantitative estimate of drug-likeness (QED) is 0.399. The molecule has 96 valence electrons. The first-order valence-electron chi connectivity index (χ1n) is 6.95. The molecule has 2 nitrogen and oxygen atoms in total. The Morgan fingerprint density at radius 1 is 0.714 bits per heavy atom. The van der Waals surface area contributed by atoms with E-state index in [4.69, 9.17) is 0 Å². The first-order chi connectivity index (χ1) is 10.4. The zero-order valence-corrected chi connectivity index (χ0v) is 11.2. The van der Waals surface area contributed by atoms with E-state index >= 15 is 0 Å². The fourth-order valence-corrected chi connectivity index (χ4v) is 3.51. The summed E-state index contributed by atoms with van der Waals surface area (Å²) in [5.74, 6) is 0. The fourth-order valence-electron chi connectivity index (χ4n) is 3.51. The second kappa shape index (κ2) is 3.53. The van der Waals surface area contributed by atoms with Gasteiger partial charge in [0.1, 0.15) is 0 Å². The van der Waals surface area contributed by atoms with Gasteiger partial charge in [-0.3, -0.25) is 0 Å². The first-order valence-corrected chi connectivity index (χ1v) is 6.95. The van der Waals surface area contributed by atoms with Crippen LogP contribution >= 0.6 is 0 Å². The molecule has 0 aliphatic rings. The molecule has 5 rings (SSSR count). The highest BCUT2D eigenvalue weighted by Gasteiger charge is 2.17. The number of nitriles is 1. The maximum absolute atomic E-state index is 9.33. The molecule has 0 saturated heterocycles. The summed E-state index contributed by atoms with van der Waals surface area (Å²) in [5.41, 5.74) is 4.34. The highest BCUT2D eigenvalue weighted by Crippen LogP contribution is 2.39. The zero-order chi connectivity index (χ0) is 14.0. The Morgan fingerprint density at radius 3 is 1.76 bits per heavy atom. The second-order valence-electron chi connectivity index (χ2n) is 5.40. The molecule has 21 heavy (non-hydrogen) atoms. The number of nitrogens with zero attached hydrogens (tertiary/aromatic N) is 2. The van der Waals surface area contributed by atoms with Crippen LogP contribution < -0.4 is 0 Å². The van der Waals surface area contributed by atoms with Crippen LogP contribution in [0.4, 0.5) is 0 Å². The summed E-state index contributed by atoms with van der Waals surface area (Å²) in [6.07, 6.45) is 0. The van der Waals surface area contributed by atoms with Crippen molar-refractivity contribution in [2.45, 2.75) is 0 Å². The molecule has 0 N–H and O–H groups in total. The van der Waals surface area contributed by atoms with Crippen molar-refractivity contribution in [1.82, 2.24) is 4.40 Å². The maximum Gasteiger partial charge on any atom is 0.0992 e. The van der Waals surface area contributed by atoms with Crippen LogP contribution in [0.1, 0.15) is 5.56 Å². The predicted octanol–water partition coefficient (Wildman–Crippen LogP) is 4.71. The van der Waals surface area contributed by atoms with Crippen LogP contribution in [-0.4, -0.2) is 4.40 Å². The number of fused-ring (bicyclic) bond motifs is 6. The van der Waals surface area contributed by atoms with Gasteiger partial charge in [0.25, 0.3) is 0 Å². The molecule has 3 aromatic carbocycles. The number of rotatable bonds is 0. The monoisotopic (exact) mass is 266 g/mol. The highest BCUT2D eigenvalue weighted by atomic mass is 14.9. The number of aromatic nitrogens is 1. The average molecular weight is 266 g/mol. The van der Waals surface area contributed by atoms with Gasteiger partial charge in [0.2, 0.25) is 0 Å². The lowest BCUT2D eigenvalue weighted by atomic mass is 10.0. The lowest BCUT2D eigenvalue weighted by molar-refractivity contribution is 1.37. The Bertz CT molecular complexity index is 1110. The molecule has 0 aliphatic heterocycles. The molecule has 0 saturated carbocycles. The lowest BCUT2D eigenvalue weighted by Gasteiger charge is -1.96. The Balaban J connectivity index is 2.28. The molecule has 2 aromatic heterocycles.